The van der Waals surface area contributed by atoms with Crippen LogP contribution in [0.3, 0.4) is 0 Å². The van der Waals surface area contributed by atoms with Crippen LogP contribution in [0.2, 0.25) is 0 Å². The molecule has 1 atom stereocenters. The summed E-state index contributed by atoms with van der Waals surface area (Å²) in [6.07, 6.45) is 0. The Morgan fingerprint density at radius 1 is 1.67 bits per heavy atom. The van der Waals surface area contributed by atoms with Gasteiger partial charge in [-0.2, -0.15) is 8.42 Å². The fraction of sp³-hybridized carbons (Fsp3) is 0. The van der Waals surface area contributed by atoms with Crippen molar-refractivity contribution in [3.05, 3.63) is 12.0 Å². The normalized spacial score (nSPS) is 12.8. The summed E-state index contributed by atoms with van der Waals surface area (Å²) in [4.78, 5) is 7.88. The lowest BCUT2D eigenvalue weighted by molar-refractivity contribution is 0.408. The van der Waals surface area contributed by atoms with Crippen molar-refractivity contribution in [3.8, 4) is 0 Å². The SMILES string of the molecule is C=CS(=O)(=O)O[P+](=O)O. The van der Waals surface area contributed by atoms with Gasteiger partial charge in [0.05, 0.1) is 5.41 Å². The Hall–Kier alpha value is -0.290. The van der Waals surface area contributed by atoms with Gasteiger partial charge in [-0.05, 0) is 0 Å². The molecule has 0 rings (SSSR count). The van der Waals surface area contributed by atoms with Crippen LogP contribution in [0, 0.1) is 0 Å². The van der Waals surface area contributed by atoms with Crippen LogP contribution in [0.15, 0.2) is 12.0 Å². The molecule has 0 aromatic carbocycles. The molecule has 0 spiro atoms. The van der Waals surface area contributed by atoms with E-state index < -0.39 is 18.4 Å². The molecule has 0 radical (unpaired) electrons. The maximum Gasteiger partial charge on any atom is 0.712 e. The zero-order valence-corrected chi connectivity index (χ0v) is 5.93. The minimum atomic E-state index is -3.99. The molecule has 0 amide bonds. The van der Waals surface area contributed by atoms with Crippen molar-refractivity contribution in [1.82, 2.24) is 0 Å². The standard InChI is InChI=1S/C2H3O5PS/c1-2-9(5,6)7-8(3)4/h2H,1H2/p+1. The van der Waals surface area contributed by atoms with Gasteiger partial charge < -0.3 is 0 Å². The fourth-order valence-electron chi connectivity index (χ4n) is 0.119. The summed E-state index contributed by atoms with van der Waals surface area (Å²) >= 11 is 0. The van der Waals surface area contributed by atoms with Crippen LogP contribution in [0.25, 0.3) is 0 Å². The highest BCUT2D eigenvalue weighted by Crippen LogP contribution is 2.18. The zero-order valence-electron chi connectivity index (χ0n) is 4.22. The van der Waals surface area contributed by atoms with E-state index in [2.05, 4.69) is 10.5 Å². The second-order valence-corrected chi connectivity index (χ2v) is 3.36. The maximum absolute atomic E-state index is 10.1. The van der Waals surface area contributed by atoms with Crippen molar-refractivity contribution >= 4 is 18.4 Å². The molecule has 0 aliphatic carbocycles. The molecular weight excluding hydrogens is 167 g/mol. The van der Waals surface area contributed by atoms with E-state index in [0.29, 0.717) is 5.41 Å². The molecule has 1 N–H and O–H groups in total. The first kappa shape index (κ1) is 8.71. The molecule has 0 aromatic heterocycles. The van der Waals surface area contributed by atoms with Gasteiger partial charge in [-0.1, -0.05) is 6.58 Å². The molecule has 0 fully saturated rings. The van der Waals surface area contributed by atoms with E-state index in [-0.39, 0.29) is 0 Å². The average molecular weight is 171 g/mol. The molecule has 0 aliphatic rings. The van der Waals surface area contributed by atoms with E-state index in [1.54, 1.807) is 0 Å². The average Bonchev–Trinajstić information content (AvgIpc) is 1.63. The Labute approximate surface area is 53.0 Å². The highest BCUT2D eigenvalue weighted by molar-refractivity contribution is 7.92. The number of rotatable bonds is 3. The lowest BCUT2D eigenvalue weighted by Crippen LogP contribution is -1.92. The van der Waals surface area contributed by atoms with Crippen LogP contribution in [-0.4, -0.2) is 13.3 Å². The van der Waals surface area contributed by atoms with Crippen molar-refractivity contribution in [2.75, 3.05) is 0 Å². The second kappa shape index (κ2) is 3.03. The van der Waals surface area contributed by atoms with Crippen LogP contribution >= 0.6 is 8.25 Å². The van der Waals surface area contributed by atoms with Crippen LogP contribution in [0.1, 0.15) is 0 Å². The van der Waals surface area contributed by atoms with Gasteiger partial charge in [0, 0.05) is 8.54 Å². The molecule has 0 aromatic rings. The van der Waals surface area contributed by atoms with Gasteiger partial charge in [-0.15, -0.1) is 4.89 Å². The molecule has 5 nitrogen and oxygen atoms in total. The van der Waals surface area contributed by atoms with Crippen molar-refractivity contribution in [1.29, 1.82) is 0 Å². The lowest BCUT2D eigenvalue weighted by atomic mass is 11.3. The van der Waals surface area contributed by atoms with Gasteiger partial charge in [0.2, 0.25) is 0 Å². The molecule has 0 saturated heterocycles. The lowest BCUT2D eigenvalue weighted by Gasteiger charge is -1.78. The Morgan fingerprint density at radius 2 is 2.11 bits per heavy atom. The summed E-state index contributed by atoms with van der Waals surface area (Å²) in [7, 11) is -7.09. The van der Waals surface area contributed by atoms with Crippen LogP contribution < -0.4 is 0 Å². The minimum absolute atomic E-state index is 0.441. The molecular formula is C2H4O5PS+. The Kier molecular flexibility index (Phi) is 2.93. The number of hydrogen-bond acceptors (Lipinski definition) is 4. The summed E-state index contributed by atoms with van der Waals surface area (Å²) in [5, 5.41) is 0.441. The highest BCUT2D eigenvalue weighted by atomic mass is 32.2. The van der Waals surface area contributed by atoms with E-state index in [4.69, 9.17) is 4.89 Å². The third-order valence-electron chi connectivity index (χ3n) is 0.372. The molecule has 9 heavy (non-hydrogen) atoms. The van der Waals surface area contributed by atoms with E-state index >= 15 is 0 Å². The second-order valence-electron chi connectivity index (χ2n) is 0.972. The summed E-state index contributed by atoms with van der Waals surface area (Å²) in [5.41, 5.74) is 0. The largest absolute Gasteiger partial charge is 0.712 e. The van der Waals surface area contributed by atoms with Crippen LogP contribution in [0.4, 0.5) is 0 Å². The predicted molar refractivity (Wildman–Crippen MR) is 30.0 cm³/mol. The Bertz CT molecular complexity index is 215. The zero-order chi connectivity index (χ0) is 7.49. The molecule has 0 saturated carbocycles. The fourth-order valence-corrected chi connectivity index (χ4v) is 1.07. The first-order valence-electron chi connectivity index (χ1n) is 1.71. The summed E-state index contributed by atoms with van der Waals surface area (Å²) in [6.45, 7) is 2.83. The Morgan fingerprint density at radius 3 is 2.22 bits per heavy atom. The van der Waals surface area contributed by atoms with E-state index in [0.717, 1.165) is 0 Å². The van der Waals surface area contributed by atoms with Gasteiger partial charge in [0.1, 0.15) is 0 Å². The number of hydrogen-bond donors (Lipinski definition) is 1. The van der Waals surface area contributed by atoms with Gasteiger partial charge in [-0.3, -0.25) is 0 Å². The summed E-state index contributed by atoms with van der Waals surface area (Å²) in [6, 6.07) is 0. The molecule has 7 heteroatoms. The van der Waals surface area contributed by atoms with Crippen LogP contribution in [-0.2, 0) is 18.7 Å². The first-order valence-corrected chi connectivity index (χ1v) is 4.31. The third kappa shape index (κ3) is 4.23. The predicted octanol–water partition coefficient (Wildman–Crippen LogP) is 0.126. The van der Waals surface area contributed by atoms with E-state index in [1.807, 2.05) is 0 Å². The van der Waals surface area contributed by atoms with E-state index in [9.17, 15) is 13.0 Å². The van der Waals surface area contributed by atoms with Gasteiger partial charge in [-0.25, -0.2) is 0 Å². The molecule has 0 bridgehead atoms. The Balaban J connectivity index is 4.23. The van der Waals surface area contributed by atoms with E-state index in [1.165, 1.54) is 0 Å². The summed E-state index contributed by atoms with van der Waals surface area (Å²) < 4.78 is 33.4. The van der Waals surface area contributed by atoms with Gasteiger partial charge >= 0.3 is 18.4 Å². The highest BCUT2D eigenvalue weighted by Gasteiger charge is 2.23. The van der Waals surface area contributed by atoms with Crippen LogP contribution in [0.5, 0.6) is 0 Å². The minimum Gasteiger partial charge on any atom is -0.191 e. The van der Waals surface area contributed by atoms with Crippen molar-refractivity contribution in [2.45, 2.75) is 0 Å². The monoisotopic (exact) mass is 171 g/mol. The maximum atomic E-state index is 10.1. The first-order chi connectivity index (χ1) is 3.98. The van der Waals surface area contributed by atoms with Crippen molar-refractivity contribution in [2.24, 2.45) is 0 Å². The van der Waals surface area contributed by atoms with Crippen molar-refractivity contribution < 1.29 is 21.8 Å². The molecule has 1 unspecified atom stereocenters. The molecule has 52 valence electrons. The smallest absolute Gasteiger partial charge is 0.191 e. The third-order valence-corrected chi connectivity index (χ3v) is 2.12. The molecule has 0 heterocycles. The topological polar surface area (TPSA) is 80.7 Å². The quantitative estimate of drug-likeness (QED) is 0.610. The van der Waals surface area contributed by atoms with Gasteiger partial charge in [0.25, 0.3) is 0 Å². The van der Waals surface area contributed by atoms with Crippen molar-refractivity contribution in [3.63, 3.8) is 0 Å². The molecule has 0 aliphatic heterocycles. The van der Waals surface area contributed by atoms with Gasteiger partial charge in [0.15, 0.2) is 0 Å². The summed E-state index contributed by atoms with van der Waals surface area (Å²) in [5.74, 6) is 0.